The molecule has 1 N–H and O–H groups in total. The monoisotopic (exact) mass is 293 g/mol. The maximum atomic E-state index is 12.7. The van der Waals surface area contributed by atoms with Crippen molar-refractivity contribution < 1.29 is 18.4 Å². The summed E-state index contributed by atoms with van der Waals surface area (Å²) < 4.78 is 23.0. The predicted molar refractivity (Wildman–Crippen MR) is 74.8 cm³/mol. The van der Waals surface area contributed by atoms with E-state index in [1.165, 1.54) is 29.2 Å². The molecular formula is C14H16FN3O3. The van der Waals surface area contributed by atoms with Crippen LogP contribution in [0.5, 0.6) is 5.75 Å². The van der Waals surface area contributed by atoms with Crippen LogP contribution < -0.4 is 10.1 Å². The number of urea groups is 1. The summed E-state index contributed by atoms with van der Waals surface area (Å²) in [5.41, 5.74) is 0. The SMILES string of the molecule is Cc1cc(NC(=O)N(C)CCOc2ccc(F)cc2)no1. The Kier molecular flexibility index (Phi) is 4.76. The van der Waals surface area contributed by atoms with E-state index >= 15 is 0 Å². The van der Waals surface area contributed by atoms with E-state index in [4.69, 9.17) is 9.26 Å². The van der Waals surface area contributed by atoms with Crippen LogP contribution in [-0.4, -0.2) is 36.3 Å². The summed E-state index contributed by atoms with van der Waals surface area (Å²) in [5.74, 6) is 1.22. The summed E-state index contributed by atoms with van der Waals surface area (Å²) in [6.07, 6.45) is 0. The van der Waals surface area contributed by atoms with Gasteiger partial charge in [0.15, 0.2) is 5.82 Å². The second kappa shape index (κ2) is 6.74. The van der Waals surface area contributed by atoms with Crippen molar-refractivity contribution in [2.75, 3.05) is 25.5 Å². The van der Waals surface area contributed by atoms with E-state index in [-0.39, 0.29) is 11.8 Å². The molecule has 0 saturated heterocycles. The first kappa shape index (κ1) is 14.8. The fourth-order valence-electron chi connectivity index (χ4n) is 1.56. The molecule has 0 radical (unpaired) electrons. The Morgan fingerprint density at radius 3 is 2.76 bits per heavy atom. The molecule has 0 aliphatic rings. The van der Waals surface area contributed by atoms with Crippen LogP contribution in [0.25, 0.3) is 0 Å². The van der Waals surface area contributed by atoms with Crippen LogP contribution >= 0.6 is 0 Å². The number of rotatable bonds is 5. The number of anilines is 1. The van der Waals surface area contributed by atoms with Gasteiger partial charge in [0, 0.05) is 13.1 Å². The van der Waals surface area contributed by atoms with E-state index in [0.717, 1.165) is 0 Å². The maximum absolute atomic E-state index is 12.7. The van der Waals surface area contributed by atoms with Gasteiger partial charge < -0.3 is 14.2 Å². The minimum Gasteiger partial charge on any atom is -0.492 e. The van der Waals surface area contributed by atoms with Gasteiger partial charge in [0.25, 0.3) is 0 Å². The molecule has 0 bridgehead atoms. The molecule has 1 aromatic heterocycles. The number of likely N-dealkylation sites (N-methyl/N-ethyl adjacent to an activating group) is 1. The van der Waals surface area contributed by atoms with Crippen LogP contribution in [-0.2, 0) is 0 Å². The van der Waals surface area contributed by atoms with E-state index in [1.807, 2.05) is 0 Å². The van der Waals surface area contributed by atoms with Crippen LogP contribution in [0.15, 0.2) is 34.9 Å². The number of hydrogen-bond donors (Lipinski definition) is 1. The summed E-state index contributed by atoms with van der Waals surface area (Å²) in [7, 11) is 1.64. The van der Waals surface area contributed by atoms with Crippen LogP contribution in [0, 0.1) is 12.7 Å². The smallest absolute Gasteiger partial charge is 0.322 e. The van der Waals surface area contributed by atoms with Gasteiger partial charge in [-0.3, -0.25) is 5.32 Å². The molecule has 2 rings (SSSR count). The lowest BCUT2D eigenvalue weighted by atomic mass is 10.3. The highest BCUT2D eigenvalue weighted by Gasteiger charge is 2.11. The van der Waals surface area contributed by atoms with Gasteiger partial charge in [0.1, 0.15) is 23.9 Å². The fourth-order valence-corrected chi connectivity index (χ4v) is 1.56. The number of nitrogens with one attached hydrogen (secondary N) is 1. The average Bonchev–Trinajstić information content (AvgIpc) is 2.86. The molecule has 6 nitrogen and oxygen atoms in total. The molecule has 112 valence electrons. The van der Waals surface area contributed by atoms with Gasteiger partial charge in [0.2, 0.25) is 0 Å². The molecule has 0 aliphatic carbocycles. The highest BCUT2D eigenvalue weighted by atomic mass is 19.1. The predicted octanol–water partition coefficient (Wildman–Crippen LogP) is 2.66. The number of nitrogens with zero attached hydrogens (tertiary/aromatic N) is 2. The van der Waals surface area contributed by atoms with Gasteiger partial charge in [0.05, 0.1) is 6.54 Å². The molecule has 2 amide bonds. The van der Waals surface area contributed by atoms with Crippen molar-refractivity contribution in [2.45, 2.75) is 6.92 Å². The first-order chi connectivity index (χ1) is 10.0. The van der Waals surface area contributed by atoms with Gasteiger partial charge >= 0.3 is 6.03 Å². The van der Waals surface area contributed by atoms with Crippen molar-refractivity contribution >= 4 is 11.8 Å². The van der Waals surface area contributed by atoms with E-state index in [1.54, 1.807) is 20.0 Å². The van der Waals surface area contributed by atoms with Gasteiger partial charge in [-0.25, -0.2) is 9.18 Å². The molecule has 7 heteroatoms. The lowest BCUT2D eigenvalue weighted by molar-refractivity contribution is 0.207. The molecule has 0 saturated carbocycles. The number of aromatic nitrogens is 1. The minimum absolute atomic E-state index is 0.299. The largest absolute Gasteiger partial charge is 0.492 e. The van der Waals surface area contributed by atoms with Crippen molar-refractivity contribution in [3.8, 4) is 5.75 Å². The van der Waals surface area contributed by atoms with Crippen LogP contribution in [0.4, 0.5) is 15.0 Å². The Balaban J connectivity index is 1.74. The Bertz CT molecular complexity index is 598. The molecule has 2 aromatic rings. The van der Waals surface area contributed by atoms with Crippen molar-refractivity contribution in [3.05, 3.63) is 41.9 Å². The lowest BCUT2D eigenvalue weighted by Gasteiger charge is -2.17. The Labute approximate surface area is 121 Å². The second-order valence-corrected chi connectivity index (χ2v) is 4.48. The quantitative estimate of drug-likeness (QED) is 0.920. The van der Waals surface area contributed by atoms with E-state index in [0.29, 0.717) is 30.5 Å². The molecule has 1 aromatic carbocycles. The van der Waals surface area contributed by atoms with E-state index < -0.39 is 0 Å². The fraction of sp³-hybridized carbons (Fsp3) is 0.286. The average molecular weight is 293 g/mol. The third-order valence-electron chi connectivity index (χ3n) is 2.72. The van der Waals surface area contributed by atoms with Gasteiger partial charge in [-0.2, -0.15) is 0 Å². The van der Waals surface area contributed by atoms with E-state index in [9.17, 15) is 9.18 Å². The zero-order valence-electron chi connectivity index (χ0n) is 11.8. The summed E-state index contributed by atoms with van der Waals surface area (Å²) >= 11 is 0. The number of aryl methyl sites for hydroxylation is 1. The van der Waals surface area contributed by atoms with Gasteiger partial charge in [-0.1, -0.05) is 5.16 Å². The molecule has 0 unspecified atom stereocenters. The molecule has 1 heterocycles. The summed E-state index contributed by atoms with van der Waals surface area (Å²) in [4.78, 5) is 13.3. The first-order valence-corrected chi connectivity index (χ1v) is 6.38. The zero-order valence-corrected chi connectivity index (χ0v) is 11.8. The molecule has 0 fully saturated rings. The number of carbonyl (C=O) groups is 1. The summed E-state index contributed by atoms with van der Waals surface area (Å²) in [5, 5.41) is 6.27. The Morgan fingerprint density at radius 1 is 1.43 bits per heavy atom. The zero-order chi connectivity index (χ0) is 15.2. The minimum atomic E-state index is -0.318. The Morgan fingerprint density at radius 2 is 2.14 bits per heavy atom. The van der Waals surface area contributed by atoms with Crippen molar-refractivity contribution in [1.82, 2.24) is 10.1 Å². The number of benzene rings is 1. The number of hydrogen-bond acceptors (Lipinski definition) is 4. The van der Waals surface area contributed by atoms with Crippen molar-refractivity contribution in [3.63, 3.8) is 0 Å². The topological polar surface area (TPSA) is 67.6 Å². The van der Waals surface area contributed by atoms with Crippen LogP contribution in [0.2, 0.25) is 0 Å². The number of carbonyl (C=O) groups excluding carboxylic acids is 1. The normalized spacial score (nSPS) is 10.2. The lowest BCUT2D eigenvalue weighted by Crippen LogP contribution is -2.34. The molecule has 0 aliphatic heterocycles. The molecule has 0 spiro atoms. The Hall–Kier alpha value is -2.57. The van der Waals surface area contributed by atoms with Gasteiger partial charge in [-0.05, 0) is 31.2 Å². The summed E-state index contributed by atoms with van der Waals surface area (Å²) in [6.45, 7) is 2.41. The highest BCUT2D eigenvalue weighted by molar-refractivity contribution is 5.88. The standard InChI is InChI=1S/C14H16FN3O3/c1-10-9-13(17-21-10)16-14(19)18(2)7-8-20-12-5-3-11(15)4-6-12/h3-6,9H,7-8H2,1-2H3,(H,16,17,19). The summed E-state index contributed by atoms with van der Waals surface area (Å²) in [6, 6.07) is 7.02. The molecule has 0 atom stereocenters. The van der Waals surface area contributed by atoms with Crippen LogP contribution in [0.1, 0.15) is 5.76 Å². The number of amides is 2. The van der Waals surface area contributed by atoms with Crippen molar-refractivity contribution in [2.24, 2.45) is 0 Å². The van der Waals surface area contributed by atoms with E-state index in [2.05, 4.69) is 10.5 Å². The molecule has 21 heavy (non-hydrogen) atoms. The maximum Gasteiger partial charge on any atom is 0.322 e. The van der Waals surface area contributed by atoms with Crippen molar-refractivity contribution in [1.29, 1.82) is 0 Å². The third-order valence-corrected chi connectivity index (χ3v) is 2.72. The molecular weight excluding hydrogens is 277 g/mol. The first-order valence-electron chi connectivity index (χ1n) is 6.38. The second-order valence-electron chi connectivity index (χ2n) is 4.48. The third kappa shape index (κ3) is 4.48. The highest BCUT2D eigenvalue weighted by Crippen LogP contribution is 2.11. The van der Waals surface area contributed by atoms with Crippen LogP contribution in [0.3, 0.4) is 0 Å². The number of halogens is 1. The number of ether oxygens (including phenoxy) is 1. The van der Waals surface area contributed by atoms with Gasteiger partial charge in [-0.15, -0.1) is 0 Å².